The van der Waals surface area contributed by atoms with Gasteiger partial charge in [-0.25, -0.2) is 9.48 Å². The molecule has 6 nitrogen and oxygen atoms in total. The van der Waals surface area contributed by atoms with Crippen molar-refractivity contribution < 1.29 is 14.6 Å². The number of likely N-dealkylation sites (N-methyl/N-ethyl adjacent to an activating group) is 1. The van der Waals surface area contributed by atoms with E-state index in [0.29, 0.717) is 13.2 Å². The van der Waals surface area contributed by atoms with E-state index in [1.54, 1.807) is 13.2 Å². The third kappa shape index (κ3) is 2.62. The Morgan fingerprint density at radius 2 is 2.38 bits per heavy atom. The number of carboxylic acid groups (broad SMARTS) is 1. The molecule has 1 atom stereocenters. The maximum atomic E-state index is 11.0. The second-order valence-electron chi connectivity index (χ2n) is 5.07. The van der Waals surface area contributed by atoms with E-state index in [1.165, 1.54) is 10.5 Å². The van der Waals surface area contributed by atoms with Crippen molar-refractivity contribution in [3.63, 3.8) is 0 Å². The van der Waals surface area contributed by atoms with E-state index >= 15 is 0 Å². The summed E-state index contributed by atoms with van der Waals surface area (Å²) < 4.78 is 7.60. The molecule has 0 radical (unpaired) electrons. The molecule has 1 aliphatic heterocycles. The first-order chi connectivity index (χ1) is 10.2. The van der Waals surface area contributed by atoms with Gasteiger partial charge in [0, 0.05) is 19.4 Å². The molecule has 2 aromatic rings. The first-order valence-electron chi connectivity index (χ1n) is 6.84. The zero-order valence-electron chi connectivity index (χ0n) is 11.8. The van der Waals surface area contributed by atoms with Crippen LogP contribution in [0.1, 0.15) is 17.2 Å². The highest BCUT2D eigenvalue weighted by Gasteiger charge is 2.25. The molecule has 1 unspecified atom stereocenters. The number of benzene rings is 1. The van der Waals surface area contributed by atoms with E-state index in [1.807, 2.05) is 35.1 Å². The van der Waals surface area contributed by atoms with Crippen LogP contribution in [0.15, 0.2) is 36.7 Å². The minimum Gasteiger partial charge on any atom is -0.465 e. The second kappa shape index (κ2) is 5.57. The molecule has 0 saturated heterocycles. The number of hydrogen-bond acceptors (Lipinski definition) is 3. The summed E-state index contributed by atoms with van der Waals surface area (Å²) >= 11 is 0. The lowest BCUT2D eigenvalue weighted by Gasteiger charge is -2.29. The van der Waals surface area contributed by atoms with Crippen LogP contribution in [-0.2, 0) is 11.2 Å². The Kier molecular flexibility index (Phi) is 3.62. The van der Waals surface area contributed by atoms with Crippen molar-refractivity contribution in [1.82, 2.24) is 14.7 Å². The van der Waals surface area contributed by atoms with Gasteiger partial charge in [0.2, 0.25) is 0 Å². The first-order valence-corrected chi connectivity index (χ1v) is 6.84. The molecule has 0 bridgehead atoms. The monoisotopic (exact) mass is 287 g/mol. The van der Waals surface area contributed by atoms with Crippen LogP contribution in [0.5, 0.6) is 0 Å². The number of nitrogens with zero attached hydrogens (tertiary/aromatic N) is 3. The molecule has 0 fully saturated rings. The third-order valence-corrected chi connectivity index (χ3v) is 3.72. The number of hydrogen-bond donors (Lipinski definition) is 1. The average Bonchev–Trinajstić information content (AvgIpc) is 3.01. The van der Waals surface area contributed by atoms with Gasteiger partial charge in [-0.05, 0) is 29.7 Å². The van der Waals surface area contributed by atoms with Gasteiger partial charge in [0.25, 0.3) is 0 Å². The van der Waals surface area contributed by atoms with Crippen LogP contribution in [0.2, 0.25) is 0 Å². The molecule has 1 N–H and O–H groups in total. The van der Waals surface area contributed by atoms with Crippen LogP contribution in [0.25, 0.3) is 5.69 Å². The van der Waals surface area contributed by atoms with Gasteiger partial charge in [0.05, 0.1) is 18.8 Å². The minimum atomic E-state index is -0.950. The Morgan fingerprint density at radius 3 is 3.10 bits per heavy atom. The molecule has 0 aliphatic carbocycles. The molecule has 1 amide bonds. The van der Waals surface area contributed by atoms with E-state index in [4.69, 9.17) is 9.84 Å². The molecular weight excluding hydrogens is 270 g/mol. The number of rotatable bonds is 3. The lowest BCUT2D eigenvalue weighted by molar-refractivity contribution is 0.0223. The Balaban J connectivity index is 1.95. The SMILES string of the molecule is CN(CC1OCCc2c1cccc2-n1cccn1)C(=O)O. The molecule has 110 valence electrons. The maximum Gasteiger partial charge on any atom is 0.407 e. The highest BCUT2D eigenvalue weighted by molar-refractivity contribution is 5.64. The van der Waals surface area contributed by atoms with Gasteiger partial charge >= 0.3 is 6.09 Å². The van der Waals surface area contributed by atoms with Crippen LogP contribution >= 0.6 is 0 Å². The van der Waals surface area contributed by atoms with Gasteiger partial charge in [0.1, 0.15) is 6.10 Å². The Labute approximate surface area is 122 Å². The normalized spacial score (nSPS) is 17.3. The van der Waals surface area contributed by atoms with Crippen LogP contribution in [0.3, 0.4) is 0 Å². The summed E-state index contributed by atoms with van der Waals surface area (Å²) in [5, 5.41) is 13.3. The van der Waals surface area contributed by atoms with E-state index in [-0.39, 0.29) is 6.10 Å². The van der Waals surface area contributed by atoms with Crippen LogP contribution in [0, 0.1) is 0 Å². The van der Waals surface area contributed by atoms with Gasteiger partial charge in [-0.2, -0.15) is 5.10 Å². The van der Waals surface area contributed by atoms with E-state index in [0.717, 1.165) is 17.7 Å². The summed E-state index contributed by atoms with van der Waals surface area (Å²) in [5.74, 6) is 0. The largest absolute Gasteiger partial charge is 0.465 e. The molecule has 0 spiro atoms. The lowest BCUT2D eigenvalue weighted by Crippen LogP contribution is -2.33. The van der Waals surface area contributed by atoms with Gasteiger partial charge in [0.15, 0.2) is 0 Å². The van der Waals surface area contributed by atoms with Crippen molar-refractivity contribution in [2.45, 2.75) is 12.5 Å². The van der Waals surface area contributed by atoms with Gasteiger partial charge in [-0.15, -0.1) is 0 Å². The molecule has 2 heterocycles. The fraction of sp³-hybridized carbons (Fsp3) is 0.333. The smallest absolute Gasteiger partial charge is 0.407 e. The minimum absolute atomic E-state index is 0.231. The number of fused-ring (bicyclic) bond motifs is 1. The standard InChI is InChI=1S/C15H17N3O3/c1-17(15(19)20)10-14-12-4-2-5-13(11(12)6-9-21-14)18-8-3-7-16-18/h2-5,7-8,14H,6,9-10H2,1H3,(H,19,20). The highest BCUT2D eigenvalue weighted by Crippen LogP contribution is 2.31. The fourth-order valence-corrected chi connectivity index (χ4v) is 2.66. The summed E-state index contributed by atoms with van der Waals surface area (Å²) in [5.41, 5.74) is 3.25. The quantitative estimate of drug-likeness (QED) is 0.938. The Bertz CT molecular complexity index is 640. The van der Waals surface area contributed by atoms with Crippen molar-refractivity contribution in [1.29, 1.82) is 0 Å². The molecule has 1 aromatic carbocycles. The van der Waals surface area contributed by atoms with E-state index in [2.05, 4.69) is 5.10 Å². The number of carbonyl (C=O) groups is 1. The number of ether oxygens (including phenoxy) is 1. The molecule has 21 heavy (non-hydrogen) atoms. The van der Waals surface area contributed by atoms with Crippen molar-refractivity contribution in [2.75, 3.05) is 20.2 Å². The summed E-state index contributed by atoms with van der Waals surface area (Å²) in [7, 11) is 1.55. The second-order valence-corrected chi connectivity index (χ2v) is 5.07. The summed E-state index contributed by atoms with van der Waals surface area (Å²) in [6.45, 7) is 0.911. The van der Waals surface area contributed by atoms with Crippen molar-refractivity contribution in [2.24, 2.45) is 0 Å². The predicted octanol–water partition coefficient (Wildman–Crippen LogP) is 2.10. The van der Waals surface area contributed by atoms with Crippen LogP contribution in [0.4, 0.5) is 4.79 Å². The lowest BCUT2D eigenvalue weighted by atomic mass is 9.95. The molecule has 1 aromatic heterocycles. The maximum absolute atomic E-state index is 11.0. The van der Waals surface area contributed by atoms with Crippen molar-refractivity contribution in [3.8, 4) is 5.69 Å². The van der Waals surface area contributed by atoms with E-state index < -0.39 is 6.09 Å². The molecular formula is C15H17N3O3. The third-order valence-electron chi connectivity index (χ3n) is 3.72. The molecule has 0 saturated carbocycles. The first kappa shape index (κ1) is 13.6. The molecule has 1 aliphatic rings. The highest BCUT2D eigenvalue weighted by atomic mass is 16.5. The Morgan fingerprint density at radius 1 is 1.52 bits per heavy atom. The number of amides is 1. The van der Waals surface area contributed by atoms with Crippen LogP contribution in [-0.4, -0.2) is 46.1 Å². The predicted molar refractivity (Wildman–Crippen MR) is 76.6 cm³/mol. The zero-order valence-corrected chi connectivity index (χ0v) is 11.8. The average molecular weight is 287 g/mol. The van der Waals surface area contributed by atoms with Crippen molar-refractivity contribution in [3.05, 3.63) is 47.8 Å². The number of aromatic nitrogens is 2. The van der Waals surface area contributed by atoms with Gasteiger partial charge in [-0.1, -0.05) is 12.1 Å². The van der Waals surface area contributed by atoms with Gasteiger partial charge < -0.3 is 14.7 Å². The van der Waals surface area contributed by atoms with E-state index in [9.17, 15) is 4.79 Å². The fourth-order valence-electron chi connectivity index (χ4n) is 2.66. The summed E-state index contributed by atoms with van der Waals surface area (Å²) in [4.78, 5) is 12.2. The van der Waals surface area contributed by atoms with Crippen LogP contribution < -0.4 is 0 Å². The zero-order chi connectivity index (χ0) is 14.8. The van der Waals surface area contributed by atoms with Gasteiger partial charge in [-0.3, -0.25) is 0 Å². The summed E-state index contributed by atoms with van der Waals surface area (Å²) in [6, 6.07) is 7.86. The van der Waals surface area contributed by atoms with Crippen molar-refractivity contribution >= 4 is 6.09 Å². The summed E-state index contributed by atoms with van der Waals surface area (Å²) in [6.07, 6.45) is 3.27. The Hall–Kier alpha value is -2.34. The topological polar surface area (TPSA) is 67.6 Å². The molecule has 3 rings (SSSR count). The molecule has 6 heteroatoms.